The molecule has 3 rings (SSSR count). The highest BCUT2D eigenvalue weighted by Crippen LogP contribution is 2.23. The third kappa shape index (κ3) is 2.39. The Morgan fingerprint density at radius 2 is 2.21 bits per heavy atom. The maximum absolute atomic E-state index is 8.86. The zero-order chi connectivity index (χ0) is 13.1. The van der Waals surface area contributed by atoms with Gasteiger partial charge in [0, 0.05) is 25.1 Å². The van der Waals surface area contributed by atoms with Crippen molar-refractivity contribution in [1.82, 2.24) is 14.5 Å². The van der Waals surface area contributed by atoms with Crippen LogP contribution in [0.5, 0.6) is 0 Å². The van der Waals surface area contributed by atoms with Crippen LogP contribution in [0.2, 0.25) is 0 Å². The maximum atomic E-state index is 8.86. The largest absolute Gasteiger partial charge is 0.326 e. The van der Waals surface area contributed by atoms with Crippen molar-refractivity contribution in [3.63, 3.8) is 0 Å². The van der Waals surface area contributed by atoms with Crippen LogP contribution in [-0.4, -0.2) is 14.5 Å². The quantitative estimate of drug-likeness (QED) is 0.732. The monoisotopic (exact) mass is 266 g/mol. The zero-order valence-corrected chi connectivity index (χ0v) is 10.8. The summed E-state index contributed by atoms with van der Waals surface area (Å²) in [6, 6.07) is 9.84. The molecule has 0 radical (unpaired) electrons. The van der Waals surface area contributed by atoms with Gasteiger partial charge in [-0.3, -0.25) is 0 Å². The highest BCUT2D eigenvalue weighted by Gasteiger charge is 2.07. The van der Waals surface area contributed by atoms with E-state index in [2.05, 4.69) is 26.7 Å². The predicted octanol–water partition coefficient (Wildman–Crippen LogP) is 2.93. The van der Waals surface area contributed by atoms with Crippen molar-refractivity contribution >= 4 is 11.3 Å². The van der Waals surface area contributed by atoms with Gasteiger partial charge < -0.3 is 4.57 Å². The van der Waals surface area contributed by atoms with Crippen molar-refractivity contribution in [2.75, 3.05) is 0 Å². The van der Waals surface area contributed by atoms with Crippen LogP contribution in [0.4, 0.5) is 0 Å². The van der Waals surface area contributed by atoms with E-state index in [-0.39, 0.29) is 0 Å². The number of rotatable bonds is 3. The molecule has 0 spiro atoms. The Morgan fingerprint density at radius 1 is 1.26 bits per heavy atom. The maximum Gasteiger partial charge on any atom is 0.150 e. The molecule has 4 nitrogen and oxygen atoms in total. The summed E-state index contributed by atoms with van der Waals surface area (Å²) in [7, 11) is 0. The minimum atomic E-state index is 0.440. The lowest BCUT2D eigenvalue weighted by molar-refractivity contribution is 0.806. The van der Waals surface area contributed by atoms with E-state index in [1.165, 1.54) is 0 Å². The van der Waals surface area contributed by atoms with E-state index in [0.717, 1.165) is 16.3 Å². The van der Waals surface area contributed by atoms with E-state index >= 15 is 0 Å². The molecule has 0 bridgehead atoms. The molecule has 0 saturated carbocycles. The second-order valence-corrected chi connectivity index (χ2v) is 4.96. The number of thiophene rings is 1. The van der Waals surface area contributed by atoms with Gasteiger partial charge >= 0.3 is 0 Å². The molecule has 0 atom stereocenters. The fourth-order valence-corrected chi connectivity index (χ4v) is 2.63. The van der Waals surface area contributed by atoms with Crippen molar-refractivity contribution in [3.8, 4) is 16.8 Å². The molecule has 0 saturated heterocycles. The molecule has 3 aromatic rings. The molecule has 0 fully saturated rings. The van der Waals surface area contributed by atoms with E-state index in [0.29, 0.717) is 12.2 Å². The number of hydrogen-bond acceptors (Lipinski definition) is 4. The molecule has 0 aliphatic carbocycles. The van der Waals surface area contributed by atoms with Gasteiger partial charge in [-0.25, -0.2) is 9.97 Å². The summed E-state index contributed by atoms with van der Waals surface area (Å²) < 4.78 is 2.07. The number of aromatic nitrogens is 3. The molecule has 0 aliphatic rings. The lowest BCUT2D eigenvalue weighted by Crippen LogP contribution is -2.01. The lowest BCUT2D eigenvalue weighted by atomic mass is 10.2. The molecule has 0 aliphatic heterocycles. The molecule has 0 aromatic carbocycles. The molecule has 92 valence electrons. The summed E-state index contributed by atoms with van der Waals surface area (Å²) in [4.78, 5) is 9.50. The number of imidazole rings is 1. The smallest absolute Gasteiger partial charge is 0.150 e. The molecule has 19 heavy (non-hydrogen) atoms. The number of pyridine rings is 1. The highest BCUT2D eigenvalue weighted by molar-refractivity contribution is 7.13. The molecular formula is C14H10N4S. The van der Waals surface area contributed by atoms with E-state index < -0.39 is 0 Å². The van der Waals surface area contributed by atoms with Gasteiger partial charge in [-0.2, -0.15) is 5.26 Å². The van der Waals surface area contributed by atoms with Crippen molar-refractivity contribution in [2.45, 2.75) is 6.54 Å². The molecule has 3 heterocycles. The fourth-order valence-electron chi connectivity index (χ4n) is 1.90. The van der Waals surface area contributed by atoms with Crippen LogP contribution >= 0.6 is 11.3 Å². The average Bonchev–Trinajstić information content (AvgIpc) is 3.09. The number of hydrogen-bond donors (Lipinski definition) is 0. The van der Waals surface area contributed by atoms with Crippen molar-refractivity contribution in [3.05, 3.63) is 59.5 Å². The predicted molar refractivity (Wildman–Crippen MR) is 73.6 cm³/mol. The first kappa shape index (κ1) is 11.6. The normalized spacial score (nSPS) is 10.3. The molecule has 5 heteroatoms. The van der Waals surface area contributed by atoms with E-state index in [1.807, 2.05) is 23.7 Å². The van der Waals surface area contributed by atoms with Crippen LogP contribution < -0.4 is 0 Å². The van der Waals surface area contributed by atoms with Gasteiger partial charge in [-0.05, 0) is 29.1 Å². The van der Waals surface area contributed by atoms with Crippen molar-refractivity contribution in [2.24, 2.45) is 0 Å². The molecular weight excluding hydrogens is 256 g/mol. The average molecular weight is 266 g/mol. The Labute approximate surface area is 114 Å². The van der Waals surface area contributed by atoms with E-state index in [1.54, 1.807) is 29.8 Å². The van der Waals surface area contributed by atoms with E-state index in [4.69, 9.17) is 5.26 Å². The Hall–Kier alpha value is -2.45. The van der Waals surface area contributed by atoms with Crippen molar-refractivity contribution < 1.29 is 0 Å². The van der Waals surface area contributed by atoms with Gasteiger partial charge in [0.15, 0.2) is 0 Å². The SMILES string of the molecule is N#Cc1cc(Cn2ccnc2-c2cccs2)ccn1. The molecule has 0 amide bonds. The summed E-state index contributed by atoms with van der Waals surface area (Å²) >= 11 is 1.67. The van der Waals surface area contributed by atoms with Crippen molar-refractivity contribution in [1.29, 1.82) is 5.26 Å². The Kier molecular flexibility index (Phi) is 3.09. The first-order chi connectivity index (χ1) is 9.36. The van der Waals surface area contributed by atoms with Crippen LogP contribution in [0.15, 0.2) is 48.2 Å². The second-order valence-electron chi connectivity index (χ2n) is 4.02. The summed E-state index contributed by atoms with van der Waals surface area (Å²) in [6.07, 6.45) is 5.40. The van der Waals surface area contributed by atoms with Crippen LogP contribution in [0.3, 0.4) is 0 Å². The minimum absolute atomic E-state index is 0.440. The standard InChI is InChI=1S/C14H10N4S/c15-9-12-8-11(3-4-16-12)10-18-6-5-17-14(18)13-2-1-7-19-13/h1-8H,10H2. The molecule has 0 unspecified atom stereocenters. The van der Waals surface area contributed by atoms with Crippen LogP contribution in [-0.2, 0) is 6.54 Å². The van der Waals surface area contributed by atoms with Gasteiger partial charge in [0.2, 0.25) is 0 Å². The van der Waals surface area contributed by atoms with Gasteiger partial charge in [-0.1, -0.05) is 6.07 Å². The first-order valence-corrected chi connectivity index (χ1v) is 6.65. The summed E-state index contributed by atoms with van der Waals surface area (Å²) in [5, 5.41) is 10.9. The lowest BCUT2D eigenvalue weighted by Gasteiger charge is -2.06. The molecule has 0 N–H and O–H groups in total. The Bertz CT molecular complexity index is 722. The van der Waals surface area contributed by atoms with Gasteiger partial charge in [-0.15, -0.1) is 11.3 Å². The van der Waals surface area contributed by atoms with E-state index in [9.17, 15) is 0 Å². The Balaban J connectivity index is 1.92. The third-order valence-electron chi connectivity index (χ3n) is 2.75. The zero-order valence-electron chi connectivity index (χ0n) is 10.0. The second kappa shape index (κ2) is 5.04. The third-order valence-corrected chi connectivity index (χ3v) is 3.61. The summed E-state index contributed by atoms with van der Waals surface area (Å²) in [5.74, 6) is 0.949. The first-order valence-electron chi connectivity index (χ1n) is 5.77. The summed E-state index contributed by atoms with van der Waals surface area (Å²) in [6.45, 7) is 0.685. The number of nitrogens with zero attached hydrogens (tertiary/aromatic N) is 4. The Morgan fingerprint density at radius 3 is 3.00 bits per heavy atom. The highest BCUT2D eigenvalue weighted by atomic mass is 32.1. The van der Waals surface area contributed by atoms with Crippen LogP contribution in [0.25, 0.3) is 10.7 Å². The van der Waals surface area contributed by atoms with Crippen LogP contribution in [0, 0.1) is 11.3 Å². The number of nitriles is 1. The van der Waals surface area contributed by atoms with Gasteiger partial charge in [0.1, 0.15) is 17.6 Å². The minimum Gasteiger partial charge on any atom is -0.326 e. The summed E-state index contributed by atoms with van der Waals surface area (Å²) in [5.41, 5.74) is 1.48. The molecule has 3 aromatic heterocycles. The van der Waals surface area contributed by atoms with Crippen LogP contribution in [0.1, 0.15) is 11.3 Å². The fraction of sp³-hybridized carbons (Fsp3) is 0.0714. The topological polar surface area (TPSA) is 54.5 Å². The van der Waals surface area contributed by atoms with Gasteiger partial charge in [0.25, 0.3) is 0 Å². The van der Waals surface area contributed by atoms with Gasteiger partial charge in [0.05, 0.1) is 4.88 Å².